The Balaban J connectivity index is 1.51. The summed E-state index contributed by atoms with van der Waals surface area (Å²) in [5, 5.41) is 3.79. The van der Waals surface area contributed by atoms with Crippen LogP contribution in [0.25, 0.3) is 0 Å². The maximum Gasteiger partial charge on any atom is 0.231 e. The number of anilines is 2. The first kappa shape index (κ1) is 13.5. The van der Waals surface area contributed by atoms with Crippen LogP contribution in [0.15, 0.2) is 0 Å². The molecule has 0 aliphatic carbocycles. The largest absolute Gasteiger partial charge is 0.350 e. The van der Waals surface area contributed by atoms with Gasteiger partial charge in [0.15, 0.2) is 0 Å². The van der Waals surface area contributed by atoms with Crippen molar-refractivity contribution in [1.82, 2.24) is 19.9 Å². The Bertz CT molecular complexity index is 518. The molecule has 3 aliphatic rings. The van der Waals surface area contributed by atoms with E-state index < -0.39 is 0 Å². The monoisotopic (exact) mass is 308 g/mol. The van der Waals surface area contributed by atoms with E-state index in [2.05, 4.69) is 30.1 Å². The van der Waals surface area contributed by atoms with E-state index in [0.29, 0.717) is 18.0 Å². The summed E-state index contributed by atoms with van der Waals surface area (Å²) in [4.78, 5) is 17.9. The molecular weight excluding hydrogens is 288 g/mol. The highest BCUT2D eigenvalue weighted by Crippen LogP contribution is 2.30. The van der Waals surface area contributed by atoms with Gasteiger partial charge in [-0.3, -0.25) is 4.90 Å². The first-order valence-corrected chi connectivity index (χ1v) is 8.34. The predicted octanol–water partition coefficient (Wildman–Crippen LogP) is 1.77. The number of aromatic nitrogens is 3. The van der Waals surface area contributed by atoms with Crippen LogP contribution in [0.4, 0.5) is 11.9 Å². The van der Waals surface area contributed by atoms with E-state index in [-0.39, 0.29) is 5.28 Å². The molecule has 0 spiro atoms. The number of hydrogen-bond acceptors (Lipinski definition) is 6. The number of nitrogens with zero attached hydrogens (tertiary/aromatic N) is 5. The van der Waals surface area contributed by atoms with Crippen LogP contribution in [0.2, 0.25) is 5.28 Å². The number of hydrogen-bond donors (Lipinski definition) is 1. The minimum absolute atomic E-state index is 0.288. The SMILES string of the molecule is Clc1nc(NC2CCN3CCCC23)nc(N2CCCC2)n1. The predicted molar refractivity (Wildman–Crippen MR) is 82.9 cm³/mol. The molecule has 2 atom stereocenters. The third kappa shape index (κ3) is 2.66. The van der Waals surface area contributed by atoms with E-state index in [1.807, 2.05) is 0 Å². The first-order chi connectivity index (χ1) is 10.3. The molecule has 7 heteroatoms. The minimum Gasteiger partial charge on any atom is -0.350 e. The first-order valence-electron chi connectivity index (χ1n) is 7.97. The van der Waals surface area contributed by atoms with Crippen LogP contribution in [0, 0.1) is 0 Å². The smallest absolute Gasteiger partial charge is 0.231 e. The Morgan fingerprint density at radius 1 is 0.952 bits per heavy atom. The molecule has 0 aromatic carbocycles. The van der Waals surface area contributed by atoms with Crippen LogP contribution in [-0.4, -0.2) is 58.1 Å². The lowest BCUT2D eigenvalue weighted by Crippen LogP contribution is -2.34. The van der Waals surface area contributed by atoms with Crippen molar-refractivity contribution in [3.63, 3.8) is 0 Å². The minimum atomic E-state index is 0.288. The van der Waals surface area contributed by atoms with Crippen molar-refractivity contribution in [1.29, 1.82) is 0 Å². The van der Waals surface area contributed by atoms with Gasteiger partial charge in [-0.25, -0.2) is 0 Å². The molecule has 2 unspecified atom stereocenters. The van der Waals surface area contributed by atoms with Gasteiger partial charge >= 0.3 is 0 Å². The fourth-order valence-corrected chi connectivity index (χ4v) is 4.04. The Morgan fingerprint density at radius 3 is 2.67 bits per heavy atom. The van der Waals surface area contributed by atoms with Crippen molar-refractivity contribution in [2.75, 3.05) is 36.4 Å². The van der Waals surface area contributed by atoms with Crippen molar-refractivity contribution in [3.05, 3.63) is 5.28 Å². The molecule has 0 radical (unpaired) electrons. The zero-order chi connectivity index (χ0) is 14.2. The lowest BCUT2D eigenvalue weighted by Gasteiger charge is -2.22. The molecule has 0 saturated carbocycles. The normalized spacial score (nSPS) is 29.1. The highest BCUT2D eigenvalue weighted by atomic mass is 35.5. The number of nitrogens with one attached hydrogen (secondary N) is 1. The van der Waals surface area contributed by atoms with Crippen molar-refractivity contribution in [3.8, 4) is 0 Å². The summed E-state index contributed by atoms with van der Waals surface area (Å²) in [5.74, 6) is 1.35. The Labute approximate surface area is 129 Å². The van der Waals surface area contributed by atoms with E-state index in [4.69, 9.17) is 11.6 Å². The van der Waals surface area contributed by atoms with Crippen LogP contribution >= 0.6 is 11.6 Å². The highest BCUT2D eigenvalue weighted by molar-refractivity contribution is 6.28. The highest BCUT2D eigenvalue weighted by Gasteiger charge is 2.37. The summed E-state index contributed by atoms with van der Waals surface area (Å²) in [6.07, 6.45) is 6.14. The van der Waals surface area contributed by atoms with E-state index in [1.54, 1.807) is 0 Å². The van der Waals surface area contributed by atoms with Gasteiger partial charge in [0.2, 0.25) is 17.2 Å². The molecule has 1 aromatic heterocycles. The van der Waals surface area contributed by atoms with E-state index in [9.17, 15) is 0 Å². The molecule has 4 rings (SSSR count). The summed E-state index contributed by atoms with van der Waals surface area (Å²) >= 11 is 6.09. The second-order valence-electron chi connectivity index (χ2n) is 6.21. The molecule has 114 valence electrons. The molecule has 3 fully saturated rings. The molecule has 0 bridgehead atoms. The number of halogens is 1. The van der Waals surface area contributed by atoms with Crippen molar-refractivity contribution >= 4 is 23.5 Å². The van der Waals surface area contributed by atoms with Gasteiger partial charge in [-0.05, 0) is 50.2 Å². The Kier molecular flexibility index (Phi) is 3.59. The standard InChI is InChI=1S/C14H21ClN6/c15-12-17-13(19-14(18-12)21-6-1-2-7-21)16-10-5-9-20-8-3-4-11(10)20/h10-11H,1-9H2,(H,16,17,18,19). The van der Waals surface area contributed by atoms with Crippen LogP contribution in [0.3, 0.4) is 0 Å². The van der Waals surface area contributed by atoms with Gasteiger partial charge < -0.3 is 10.2 Å². The summed E-state index contributed by atoms with van der Waals surface area (Å²) in [6, 6.07) is 1.08. The van der Waals surface area contributed by atoms with Crippen LogP contribution in [0.5, 0.6) is 0 Å². The summed E-state index contributed by atoms with van der Waals surface area (Å²) in [5.41, 5.74) is 0. The molecule has 1 aromatic rings. The Hall–Kier alpha value is -1.14. The van der Waals surface area contributed by atoms with Gasteiger partial charge in [-0.1, -0.05) is 0 Å². The van der Waals surface area contributed by atoms with Crippen molar-refractivity contribution < 1.29 is 0 Å². The van der Waals surface area contributed by atoms with Crippen molar-refractivity contribution in [2.45, 2.75) is 44.2 Å². The van der Waals surface area contributed by atoms with Gasteiger partial charge in [0.05, 0.1) is 0 Å². The average Bonchev–Trinajstić information content (AvgIpc) is 3.16. The van der Waals surface area contributed by atoms with Gasteiger partial charge in [-0.2, -0.15) is 15.0 Å². The second-order valence-corrected chi connectivity index (χ2v) is 6.55. The molecule has 1 N–H and O–H groups in total. The number of rotatable bonds is 3. The molecule has 0 amide bonds. The molecular formula is C14H21ClN6. The summed E-state index contributed by atoms with van der Waals surface area (Å²) < 4.78 is 0. The topological polar surface area (TPSA) is 57.2 Å². The zero-order valence-corrected chi connectivity index (χ0v) is 12.9. The summed E-state index contributed by atoms with van der Waals surface area (Å²) in [7, 11) is 0. The maximum absolute atomic E-state index is 6.09. The molecule has 3 aliphatic heterocycles. The van der Waals surface area contributed by atoms with E-state index in [0.717, 1.165) is 25.5 Å². The molecule has 6 nitrogen and oxygen atoms in total. The third-order valence-corrected chi connectivity index (χ3v) is 5.07. The lowest BCUT2D eigenvalue weighted by atomic mass is 10.1. The van der Waals surface area contributed by atoms with Crippen molar-refractivity contribution in [2.24, 2.45) is 0 Å². The fraction of sp³-hybridized carbons (Fsp3) is 0.786. The molecule has 21 heavy (non-hydrogen) atoms. The van der Waals surface area contributed by atoms with Gasteiger partial charge in [0, 0.05) is 31.7 Å². The summed E-state index contributed by atoms with van der Waals surface area (Å²) in [6.45, 7) is 4.44. The maximum atomic E-state index is 6.09. The molecule has 3 saturated heterocycles. The third-order valence-electron chi connectivity index (χ3n) is 4.91. The molecule has 4 heterocycles. The van der Waals surface area contributed by atoms with E-state index >= 15 is 0 Å². The second kappa shape index (κ2) is 5.57. The Morgan fingerprint density at radius 2 is 1.81 bits per heavy atom. The quantitative estimate of drug-likeness (QED) is 0.918. The lowest BCUT2D eigenvalue weighted by molar-refractivity contribution is 0.318. The van der Waals surface area contributed by atoms with Gasteiger partial charge in [0.25, 0.3) is 0 Å². The van der Waals surface area contributed by atoms with Gasteiger partial charge in [0.1, 0.15) is 0 Å². The van der Waals surface area contributed by atoms with Crippen LogP contribution in [-0.2, 0) is 0 Å². The number of fused-ring (bicyclic) bond motifs is 1. The van der Waals surface area contributed by atoms with Crippen LogP contribution < -0.4 is 10.2 Å². The average molecular weight is 309 g/mol. The van der Waals surface area contributed by atoms with Crippen LogP contribution in [0.1, 0.15) is 32.1 Å². The zero-order valence-electron chi connectivity index (χ0n) is 12.1. The van der Waals surface area contributed by atoms with E-state index in [1.165, 1.54) is 38.8 Å². The van der Waals surface area contributed by atoms with Gasteiger partial charge in [-0.15, -0.1) is 0 Å². The fourth-order valence-electron chi connectivity index (χ4n) is 3.88.